The van der Waals surface area contributed by atoms with Gasteiger partial charge in [0.05, 0.1) is 29.9 Å². The van der Waals surface area contributed by atoms with Crippen LogP contribution in [0.2, 0.25) is 0 Å². The monoisotopic (exact) mass is 492 g/mol. The third kappa shape index (κ3) is 4.00. The van der Waals surface area contributed by atoms with Crippen LogP contribution in [0.5, 0.6) is 5.75 Å². The van der Waals surface area contributed by atoms with E-state index in [0.29, 0.717) is 0 Å². The number of aromatic nitrogens is 4. The number of ether oxygens (including phenoxy) is 1. The van der Waals surface area contributed by atoms with Crippen LogP contribution < -0.4 is 4.74 Å². The van der Waals surface area contributed by atoms with Crippen molar-refractivity contribution < 1.29 is 4.74 Å². The normalized spacial score (nSPS) is 12.1. The van der Waals surface area contributed by atoms with Gasteiger partial charge in [0.1, 0.15) is 5.75 Å². The summed E-state index contributed by atoms with van der Waals surface area (Å²) in [6.07, 6.45) is 8.24. The Kier molecular flexibility index (Phi) is 5.26. The van der Waals surface area contributed by atoms with E-state index in [1.54, 1.807) is 7.11 Å². The number of benzene rings is 2. The van der Waals surface area contributed by atoms with Gasteiger partial charge in [-0.15, -0.1) is 0 Å². The van der Waals surface area contributed by atoms with Gasteiger partial charge in [0.2, 0.25) is 0 Å². The molecular weight excluding hydrogens is 468 g/mol. The summed E-state index contributed by atoms with van der Waals surface area (Å²) in [5.41, 5.74) is 11.7. The number of hydrogen-bond donors (Lipinski definition) is 2. The van der Waals surface area contributed by atoms with Crippen LogP contribution in [0.3, 0.4) is 0 Å². The van der Waals surface area contributed by atoms with Gasteiger partial charge in [-0.3, -0.25) is 0 Å². The number of hydrogen-bond acceptors (Lipinski definition) is 3. The van der Waals surface area contributed by atoms with Crippen molar-refractivity contribution in [2.45, 2.75) is 0 Å². The quantitative estimate of drug-likeness (QED) is 0.263. The third-order valence-electron chi connectivity index (χ3n) is 6.82. The van der Waals surface area contributed by atoms with Gasteiger partial charge in [0.25, 0.3) is 0 Å². The fourth-order valence-corrected chi connectivity index (χ4v) is 5.06. The van der Waals surface area contributed by atoms with Crippen molar-refractivity contribution in [3.63, 3.8) is 0 Å². The smallest absolute Gasteiger partial charge is 0.119 e. The Hall–Kier alpha value is -5.16. The summed E-state index contributed by atoms with van der Waals surface area (Å²) in [7, 11) is 1.69. The van der Waals surface area contributed by atoms with E-state index in [1.165, 1.54) is 0 Å². The van der Waals surface area contributed by atoms with Gasteiger partial charge in [0, 0.05) is 33.2 Å². The molecule has 5 nitrogen and oxygen atoms in total. The van der Waals surface area contributed by atoms with Crippen LogP contribution >= 0.6 is 0 Å². The standard InChI is InChI=1S/C33H24N4O/c1-38-27-9-5-8-22(18-27)33-30-16-12-25(36-30)19-23-10-14-28(34-23)32(21-6-3-2-4-7-21)29-15-11-24(35-29)20-26-13-17-31(33)37-26/h2-20,36-37H,1H3. The number of fused-ring (bicyclic) bond motifs is 8. The second-order valence-electron chi connectivity index (χ2n) is 9.30. The first-order valence-corrected chi connectivity index (χ1v) is 12.5. The van der Waals surface area contributed by atoms with Gasteiger partial charge >= 0.3 is 0 Å². The molecule has 0 atom stereocenters. The molecule has 0 spiro atoms. The van der Waals surface area contributed by atoms with E-state index >= 15 is 0 Å². The highest BCUT2D eigenvalue weighted by Crippen LogP contribution is 2.33. The molecule has 2 N–H and O–H groups in total. The van der Waals surface area contributed by atoms with Crippen LogP contribution in [0.1, 0.15) is 22.8 Å². The minimum absolute atomic E-state index is 0.811. The summed E-state index contributed by atoms with van der Waals surface area (Å²) in [5, 5.41) is 0. The fraction of sp³-hybridized carbons (Fsp3) is 0.0303. The van der Waals surface area contributed by atoms with E-state index in [0.717, 1.165) is 72.8 Å². The zero-order valence-corrected chi connectivity index (χ0v) is 20.8. The molecular formula is C33H24N4O. The lowest BCUT2D eigenvalue weighted by molar-refractivity contribution is 0.415. The summed E-state index contributed by atoms with van der Waals surface area (Å²) in [4.78, 5) is 17.2. The van der Waals surface area contributed by atoms with E-state index in [4.69, 9.17) is 14.7 Å². The molecule has 5 aromatic rings. The maximum absolute atomic E-state index is 5.52. The maximum Gasteiger partial charge on any atom is 0.119 e. The molecule has 0 saturated heterocycles. The molecule has 0 radical (unpaired) electrons. The molecule has 2 aliphatic rings. The van der Waals surface area contributed by atoms with Crippen LogP contribution in [0.25, 0.3) is 68.6 Å². The van der Waals surface area contributed by atoms with Crippen LogP contribution in [0.4, 0.5) is 0 Å². The van der Waals surface area contributed by atoms with Crippen molar-refractivity contribution in [2.75, 3.05) is 7.11 Å². The zero-order valence-electron chi connectivity index (χ0n) is 20.8. The highest BCUT2D eigenvalue weighted by molar-refractivity contribution is 5.94. The van der Waals surface area contributed by atoms with Crippen molar-refractivity contribution in [1.82, 2.24) is 19.9 Å². The average molecular weight is 493 g/mol. The first-order chi connectivity index (χ1) is 18.7. The van der Waals surface area contributed by atoms with Crippen LogP contribution in [0, 0.1) is 0 Å². The predicted molar refractivity (Wildman–Crippen MR) is 156 cm³/mol. The summed E-state index contributed by atoms with van der Waals surface area (Å²) in [5.74, 6) is 0.811. The third-order valence-corrected chi connectivity index (χ3v) is 6.82. The van der Waals surface area contributed by atoms with Crippen molar-refractivity contribution in [1.29, 1.82) is 0 Å². The molecule has 2 aromatic carbocycles. The lowest BCUT2D eigenvalue weighted by atomic mass is 10.0. The summed E-state index contributed by atoms with van der Waals surface area (Å²) in [6, 6.07) is 31.0. The Balaban J connectivity index is 1.56. The van der Waals surface area contributed by atoms with Crippen molar-refractivity contribution >= 4 is 46.4 Å². The van der Waals surface area contributed by atoms with Crippen molar-refractivity contribution in [2.24, 2.45) is 0 Å². The summed E-state index contributed by atoms with van der Waals surface area (Å²) < 4.78 is 5.52. The van der Waals surface area contributed by atoms with Gasteiger partial charge < -0.3 is 14.7 Å². The molecule has 38 heavy (non-hydrogen) atoms. The molecule has 5 heterocycles. The van der Waals surface area contributed by atoms with Gasteiger partial charge in [-0.1, -0.05) is 42.5 Å². The zero-order chi connectivity index (χ0) is 25.5. The molecule has 182 valence electrons. The molecule has 8 bridgehead atoms. The first-order valence-electron chi connectivity index (χ1n) is 12.5. The molecule has 0 saturated carbocycles. The summed E-state index contributed by atoms with van der Waals surface area (Å²) >= 11 is 0. The van der Waals surface area contributed by atoms with Gasteiger partial charge in [-0.05, 0) is 84.0 Å². The molecule has 2 aliphatic heterocycles. The Bertz CT molecular complexity index is 1810. The van der Waals surface area contributed by atoms with Gasteiger partial charge in [-0.25, -0.2) is 9.97 Å². The fourth-order valence-electron chi connectivity index (χ4n) is 5.06. The van der Waals surface area contributed by atoms with Crippen LogP contribution in [-0.2, 0) is 0 Å². The molecule has 0 amide bonds. The van der Waals surface area contributed by atoms with Crippen molar-refractivity contribution in [3.05, 3.63) is 114 Å². The van der Waals surface area contributed by atoms with E-state index < -0.39 is 0 Å². The largest absolute Gasteiger partial charge is 0.497 e. The average Bonchev–Trinajstić information content (AvgIpc) is 3.76. The minimum atomic E-state index is 0.811. The topological polar surface area (TPSA) is 66.6 Å². The number of nitrogens with one attached hydrogen (secondary N) is 2. The van der Waals surface area contributed by atoms with Crippen LogP contribution in [-0.4, -0.2) is 27.0 Å². The number of nitrogens with zero attached hydrogens (tertiary/aromatic N) is 2. The molecule has 5 heteroatoms. The highest BCUT2D eigenvalue weighted by atomic mass is 16.5. The molecule has 0 aliphatic carbocycles. The molecule has 0 unspecified atom stereocenters. The number of methoxy groups -OCH3 is 1. The second kappa shape index (κ2) is 9.05. The van der Waals surface area contributed by atoms with Crippen LogP contribution in [0.15, 0.2) is 91.0 Å². The van der Waals surface area contributed by atoms with E-state index in [2.05, 4.69) is 94.9 Å². The lowest BCUT2D eigenvalue weighted by Gasteiger charge is -2.05. The van der Waals surface area contributed by atoms with E-state index in [-0.39, 0.29) is 0 Å². The Labute approximate surface area is 219 Å². The Morgan fingerprint density at radius 1 is 0.553 bits per heavy atom. The van der Waals surface area contributed by atoms with E-state index in [1.807, 2.05) is 30.3 Å². The lowest BCUT2D eigenvalue weighted by Crippen LogP contribution is -1.88. The Morgan fingerprint density at radius 3 is 1.76 bits per heavy atom. The number of rotatable bonds is 3. The van der Waals surface area contributed by atoms with Gasteiger partial charge in [0.15, 0.2) is 0 Å². The summed E-state index contributed by atoms with van der Waals surface area (Å²) in [6.45, 7) is 0. The van der Waals surface area contributed by atoms with Crippen molar-refractivity contribution in [3.8, 4) is 28.0 Å². The van der Waals surface area contributed by atoms with E-state index in [9.17, 15) is 0 Å². The van der Waals surface area contributed by atoms with Gasteiger partial charge in [-0.2, -0.15) is 0 Å². The molecule has 0 fully saturated rings. The highest BCUT2D eigenvalue weighted by Gasteiger charge is 2.14. The molecule has 3 aromatic heterocycles. The second-order valence-corrected chi connectivity index (χ2v) is 9.30. The molecule has 7 rings (SSSR count). The number of H-pyrrole nitrogens is 2. The number of aromatic amines is 2. The Morgan fingerprint density at radius 2 is 1.16 bits per heavy atom. The predicted octanol–water partition coefficient (Wildman–Crippen LogP) is 8.00. The minimum Gasteiger partial charge on any atom is -0.497 e. The SMILES string of the molecule is COc1cccc(-c2c3ccc(cc4nc(c(-c5ccccc5)c5nc(cc6ccc2[nH]6)C=C5)C=C4)[nH]3)c1. The maximum atomic E-state index is 5.52. The first kappa shape index (κ1) is 22.1.